The second-order valence-corrected chi connectivity index (χ2v) is 12.9. The van der Waals surface area contributed by atoms with Crippen LogP contribution in [0.3, 0.4) is 0 Å². The zero-order valence-electron chi connectivity index (χ0n) is 23.1. The Bertz CT molecular complexity index is 1100. The molecule has 1 spiro atoms. The van der Waals surface area contributed by atoms with Crippen molar-refractivity contribution in [1.29, 1.82) is 0 Å². The molecule has 7 nitrogen and oxygen atoms in total. The molecule has 1 N–H and O–H groups in total. The molecule has 40 heavy (non-hydrogen) atoms. The van der Waals surface area contributed by atoms with Crippen LogP contribution >= 0.6 is 23.4 Å². The molecule has 4 rings (SSSR count). The summed E-state index contributed by atoms with van der Waals surface area (Å²) >= 11 is 8.18. The molecule has 3 fully saturated rings. The maximum absolute atomic E-state index is 14.5. The number of ether oxygens (including phenoxy) is 1. The number of halogens is 1. The molecule has 2 unspecified atom stereocenters. The summed E-state index contributed by atoms with van der Waals surface area (Å²) in [6, 6.07) is 6.50. The number of aliphatic hydroxyl groups excluding tert-OH is 1. The van der Waals surface area contributed by atoms with E-state index in [4.69, 9.17) is 21.4 Å². The van der Waals surface area contributed by atoms with E-state index in [1.54, 1.807) is 39.8 Å². The van der Waals surface area contributed by atoms with E-state index < -0.39 is 22.6 Å². The maximum atomic E-state index is 14.5. The second-order valence-electron chi connectivity index (χ2n) is 10.9. The molecule has 0 aliphatic carbocycles. The average molecular weight is 589 g/mol. The lowest BCUT2D eigenvalue weighted by atomic mass is 9.71. The van der Waals surface area contributed by atoms with E-state index in [2.05, 4.69) is 13.2 Å². The number of carbonyl (C=O) groups excluding carboxylic acids is 3. The van der Waals surface area contributed by atoms with Gasteiger partial charge in [-0.1, -0.05) is 48.7 Å². The molecule has 0 saturated carbocycles. The molecule has 3 aliphatic heterocycles. The summed E-state index contributed by atoms with van der Waals surface area (Å²) in [7, 11) is 0. The third-order valence-electron chi connectivity index (χ3n) is 8.38. The second kappa shape index (κ2) is 14.1. The predicted octanol–water partition coefficient (Wildman–Crippen LogP) is 5.40. The highest BCUT2D eigenvalue weighted by Gasteiger charge is 2.74. The van der Waals surface area contributed by atoms with Gasteiger partial charge in [0.05, 0.1) is 33.9 Å². The van der Waals surface area contributed by atoms with Crippen molar-refractivity contribution < 1.29 is 24.2 Å². The van der Waals surface area contributed by atoms with Crippen molar-refractivity contribution in [3.63, 3.8) is 0 Å². The minimum Gasteiger partial charge on any atom is -0.465 e. The predicted molar refractivity (Wildman–Crippen MR) is 160 cm³/mol. The van der Waals surface area contributed by atoms with Gasteiger partial charge < -0.3 is 19.6 Å². The first-order valence-corrected chi connectivity index (χ1v) is 15.7. The van der Waals surface area contributed by atoms with Gasteiger partial charge in [0.2, 0.25) is 5.91 Å². The SMILES string of the molecule is C=CCCCCOC(=O)[C@@H]1[C@@H]2CCC3(S2)C(C(=O)N(CC=C)c2ccccc2Cl)N(CCCCCCO)C(=O)[C@H]13. The van der Waals surface area contributed by atoms with Gasteiger partial charge in [-0.3, -0.25) is 14.4 Å². The molecule has 9 heteroatoms. The number of thioether (sulfide) groups is 1. The van der Waals surface area contributed by atoms with E-state index in [-0.39, 0.29) is 36.2 Å². The lowest BCUT2D eigenvalue weighted by Crippen LogP contribution is -2.55. The third-order valence-corrected chi connectivity index (χ3v) is 10.7. The summed E-state index contributed by atoms with van der Waals surface area (Å²) in [5.41, 5.74) is 0.581. The van der Waals surface area contributed by atoms with Crippen LogP contribution in [0.4, 0.5) is 5.69 Å². The molecule has 3 aliphatic rings. The van der Waals surface area contributed by atoms with Crippen molar-refractivity contribution >= 4 is 46.8 Å². The van der Waals surface area contributed by atoms with Crippen LogP contribution in [-0.2, 0) is 19.1 Å². The van der Waals surface area contributed by atoms with E-state index >= 15 is 0 Å². The number of likely N-dealkylation sites (tertiary alicyclic amines) is 1. The summed E-state index contributed by atoms with van der Waals surface area (Å²) in [6.07, 6.45) is 10.6. The van der Waals surface area contributed by atoms with Crippen molar-refractivity contribution in [2.75, 3.05) is 31.2 Å². The first kappa shape index (κ1) is 30.7. The first-order chi connectivity index (χ1) is 19.4. The molecule has 0 radical (unpaired) electrons. The van der Waals surface area contributed by atoms with Crippen LogP contribution in [-0.4, -0.2) is 70.1 Å². The van der Waals surface area contributed by atoms with Crippen LogP contribution in [0.1, 0.15) is 57.8 Å². The lowest BCUT2D eigenvalue weighted by Gasteiger charge is -2.37. The monoisotopic (exact) mass is 588 g/mol. The van der Waals surface area contributed by atoms with E-state index in [9.17, 15) is 14.4 Å². The van der Waals surface area contributed by atoms with Crippen LogP contribution < -0.4 is 4.90 Å². The molecule has 3 heterocycles. The summed E-state index contributed by atoms with van der Waals surface area (Å²) in [4.78, 5) is 45.4. The minimum atomic E-state index is -0.709. The van der Waals surface area contributed by atoms with Crippen LogP contribution in [0.2, 0.25) is 5.02 Å². The molecule has 218 valence electrons. The molecule has 1 aromatic carbocycles. The van der Waals surface area contributed by atoms with E-state index in [1.807, 2.05) is 18.2 Å². The quantitative estimate of drug-likeness (QED) is 0.158. The van der Waals surface area contributed by atoms with Gasteiger partial charge in [0.15, 0.2) is 0 Å². The average Bonchev–Trinajstić information content (AvgIpc) is 3.59. The number of allylic oxidation sites excluding steroid dienone is 1. The summed E-state index contributed by atoms with van der Waals surface area (Å²) in [5.74, 6) is -1.76. The highest BCUT2D eigenvalue weighted by molar-refractivity contribution is 8.02. The normalized spacial score (nSPS) is 26.6. The molecule has 2 amide bonds. The fourth-order valence-electron chi connectivity index (χ4n) is 6.60. The number of para-hydroxylation sites is 1. The third kappa shape index (κ3) is 6.00. The fourth-order valence-corrected chi connectivity index (χ4v) is 9.04. The van der Waals surface area contributed by atoms with Crippen LogP contribution in [0.5, 0.6) is 0 Å². The van der Waals surface area contributed by atoms with E-state index in [0.29, 0.717) is 36.7 Å². The number of rotatable bonds is 16. The largest absolute Gasteiger partial charge is 0.465 e. The number of fused-ring (bicyclic) bond motifs is 1. The van der Waals surface area contributed by atoms with Crippen LogP contribution in [0.15, 0.2) is 49.6 Å². The standard InChI is InChI=1S/C31H41ClN2O5S/c1-3-5-6-13-21-39-30(38)25-24-16-17-31(40-24)26(25)28(36)34(19-11-7-8-12-20-35)27(31)29(37)33(18-4-2)23-15-10-9-14-22(23)32/h3-4,9-10,14-15,24-27,35H,1-2,5-8,11-13,16-21H2/t24-,25+,26-,27?,31?/m0/s1. The summed E-state index contributed by atoms with van der Waals surface area (Å²) in [6.45, 7) is 8.74. The Kier molecular flexibility index (Phi) is 10.8. The van der Waals surface area contributed by atoms with Gasteiger partial charge in [0.25, 0.3) is 5.91 Å². The number of nitrogens with zero attached hydrogens (tertiary/aromatic N) is 2. The number of aliphatic hydroxyl groups is 1. The molecule has 5 atom stereocenters. The van der Waals surface area contributed by atoms with Gasteiger partial charge in [-0.25, -0.2) is 0 Å². The Morgan fingerprint density at radius 2 is 1.93 bits per heavy atom. The number of hydrogen-bond donors (Lipinski definition) is 1. The highest BCUT2D eigenvalue weighted by atomic mass is 35.5. The van der Waals surface area contributed by atoms with E-state index in [0.717, 1.165) is 44.9 Å². The molecule has 3 saturated heterocycles. The number of esters is 1. The molecular weight excluding hydrogens is 548 g/mol. The molecule has 0 aromatic heterocycles. The molecule has 1 aromatic rings. The van der Waals surface area contributed by atoms with Crippen molar-refractivity contribution in [2.45, 2.75) is 73.8 Å². The van der Waals surface area contributed by atoms with Crippen molar-refractivity contribution in [2.24, 2.45) is 11.8 Å². The van der Waals surface area contributed by atoms with Crippen LogP contribution in [0.25, 0.3) is 0 Å². The van der Waals surface area contributed by atoms with Crippen molar-refractivity contribution in [3.05, 3.63) is 54.6 Å². The van der Waals surface area contributed by atoms with Crippen molar-refractivity contribution in [1.82, 2.24) is 4.90 Å². The van der Waals surface area contributed by atoms with Gasteiger partial charge in [-0.05, 0) is 57.1 Å². The van der Waals surface area contributed by atoms with Gasteiger partial charge >= 0.3 is 5.97 Å². The Balaban J connectivity index is 1.63. The van der Waals surface area contributed by atoms with E-state index in [1.165, 1.54) is 0 Å². The zero-order chi connectivity index (χ0) is 28.7. The van der Waals surface area contributed by atoms with Crippen molar-refractivity contribution in [3.8, 4) is 0 Å². The van der Waals surface area contributed by atoms with Crippen LogP contribution in [0, 0.1) is 11.8 Å². The number of unbranched alkanes of at least 4 members (excludes halogenated alkanes) is 5. The molecular formula is C31H41ClN2O5S. The Morgan fingerprint density at radius 3 is 2.65 bits per heavy atom. The maximum Gasteiger partial charge on any atom is 0.310 e. The number of benzene rings is 1. The number of anilines is 1. The number of carbonyl (C=O) groups is 3. The highest BCUT2D eigenvalue weighted by Crippen LogP contribution is 2.66. The van der Waals surface area contributed by atoms with Gasteiger partial charge in [0, 0.05) is 24.9 Å². The lowest BCUT2D eigenvalue weighted by molar-refractivity contribution is -0.154. The fraction of sp³-hybridized carbons (Fsp3) is 0.581. The minimum absolute atomic E-state index is 0.0372. The first-order valence-electron chi connectivity index (χ1n) is 14.4. The Labute approximate surface area is 246 Å². The number of amides is 2. The summed E-state index contributed by atoms with van der Waals surface area (Å²) in [5, 5.41) is 9.57. The molecule has 2 bridgehead atoms. The van der Waals surface area contributed by atoms with Gasteiger partial charge in [-0.2, -0.15) is 0 Å². The summed E-state index contributed by atoms with van der Waals surface area (Å²) < 4.78 is 5.02. The Hall–Kier alpha value is -2.29. The number of hydrogen-bond acceptors (Lipinski definition) is 6. The zero-order valence-corrected chi connectivity index (χ0v) is 24.7. The smallest absolute Gasteiger partial charge is 0.310 e. The Morgan fingerprint density at radius 1 is 1.15 bits per heavy atom. The van der Waals surface area contributed by atoms with Gasteiger partial charge in [-0.15, -0.1) is 24.9 Å². The van der Waals surface area contributed by atoms with Gasteiger partial charge in [0.1, 0.15) is 6.04 Å². The topological polar surface area (TPSA) is 87.2 Å².